The third-order valence-electron chi connectivity index (χ3n) is 4.90. The molecule has 1 aromatic carbocycles. The third-order valence-corrected chi connectivity index (χ3v) is 4.90. The molecule has 0 saturated carbocycles. The average molecular weight is 369 g/mol. The molecular formula is C22H27NO4. The molecule has 0 amide bonds. The summed E-state index contributed by atoms with van der Waals surface area (Å²) in [7, 11) is 0. The van der Waals surface area contributed by atoms with E-state index in [9.17, 15) is 9.59 Å². The second-order valence-electron chi connectivity index (χ2n) is 7.50. The first-order chi connectivity index (χ1) is 12.9. The number of ketones is 1. The predicted octanol–water partition coefficient (Wildman–Crippen LogP) is 4.45. The number of H-pyrrole nitrogens is 1. The van der Waals surface area contributed by atoms with Crippen LogP contribution in [0.2, 0.25) is 0 Å². The molecule has 0 saturated heterocycles. The Kier molecular flexibility index (Phi) is 5.68. The Bertz CT molecular complexity index is 833. The molecule has 144 valence electrons. The highest BCUT2D eigenvalue weighted by Gasteiger charge is 2.32. The lowest BCUT2D eigenvalue weighted by molar-refractivity contribution is 0.0451. The van der Waals surface area contributed by atoms with Crippen molar-refractivity contribution >= 4 is 11.8 Å². The Balaban J connectivity index is 1.81. The van der Waals surface area contributed by atoms with Gasteiger partial charge < -0.3 is 14.5 Å². The minimum absolute atomic E-state index is 0.0757. The molecule has 3 rings (SSSR count). The second kappa shape index (κ2) is 7.99. The van der Waals surface area contributed by atoms with Crippen LogP contribution >= 0.6 is 0 Å². The van der Waals surface area contributed by atoms with Gasteiger partial charge in [-0.05, 0) is 55.4 Å². The van der Waals surface area contributed by atoms with Crippen LogP contribution in [0.25, 0.3) is 0 Å². The van der Waals surface area contributed by atoms with Gasteiger partial charge in [-0.2, -0.15) is 0 Å². The van der Waals surface area contributed by atoms with Crippen molar-refractivity contribution in [1.29, 1.82) is 0 Å². The lowest BCUT2D eigenvalue weighted by Gasteiger charge is -2.22. The van der Waals surface area contributed by atoms with Gasteiger partial charge in [0.2, 0.25) is 0 Å². The topological polar surface area (TPSA) is 68.4 Å². The summed E-state index contributed by atoms with van der Waals surface area (Å²) in [6, 6.07) is 7.91. The standard InChI is InChI=1S/C22H27NO4/c1-5-26-17-8-6-15(7-9-17)16-10-18-20(19(24)11-16)14(4)21(23-18)22(25)27-12-13(2)3/h6-9,13,16,23H,5,10-12H2,1-4H3. The summed E-state index contributed by atoms with van der Waals surface area (Å²) >= 11 is 0. The number of fused-ring (bicyclic) bond motifs is 1. The summed E-state index contributed by atoms with van der Waals surface area (Å²) in [5.74, 6) is 0.880. The molecule has 0 radical (unpaired) electrons. The molecule has 0 fully saturated rings. The molecule has 0 bridgehead atoms. The van der Waals surface area contributed by atoms with Crippen LogP contribution in [-0.2, 0) is 11.2 Å². The van der Waals surface area contributed by atoms with Gasteiger partial charge in [0.15, 0.2) is 5.78 Å². The minimum Gasteiger partial charge on any atom is -0.494 e. The monoisotopic (exact) mass is 369 g/mol. The van der Waals surface area contributed by atoms with Gasteiger partial charge in [0, 0.05) is 17.7 Å². The number of hydrogen-bond donors (Lipinski definition) is 1. The van der Waals surface area contributed by atoms with Gasteiger partial charge in [0.05, 0.1) is 13.2 Å². The number of nitrogens with one attached hydrogen (secondary N) is 1. The first kappa shape index (κ1) is 19.2. The predicted molar refractivity (Wildman–Crippen MR) is 104 cm³/mol. The molecular weight excluding hydrogens is 342 g/mol. The molecule has 2 aromatic rings. The number of Topliss-reactive ketones (excluding diaryl/α,β-unsaturated/α-hetero) is 1. The largest absolute Gasteiger partial charge is 0.494 e. The number of esters is 1. The zero-order chi connectivity index (χ0) is 19.6. The number of benzene rings is 1. The number of carbonyl (C=O) groups is 2. The second-order valence-corrected chi connectivity index (χ2v) is 7.50. The van der Waals surface area contributed by atoms with E-state index in [-0.39, 0.29) is 23.6 Å². The van der Waals surface area contributed by atoms with E-state index < -0.39 is 0 Å². The van der Waals surface area contributed by atoms with Crippen molar-refractivity contribution in [2.24, 2.45) is 5.92 Å². The highest BCUT2D eigenvalue weighted by molar-refractivity contribution is 6.03. The van der Waals surface area contributed by atoms with Crippen LogP contribution in [0.5, 0.6) is 5.75 Å². The fourth-order valence-corrected chi connectivity index (χ4v) is 3.59. The number of hydrogen-bond acceptors (Lipinski definition) is 4. The van der Waals surface area contributed by atoms with Crippen molar-refractivity contribution in [2.45, 2.75) is 46.5 Å². The summed E-state index contributed by atoms with van der Waals surface area (Å²) in [6.45, 7) is 8.74. The summed E-state index contributed by atoms with van der Waals surface area (Å²) in [4.78, 5) is 28.3. The molecule has 1 unspecified atom stereocenters. The molecule has 1 aliphatic carbocycles. The highest BCUT2D eigenvalue weighted by Crippen LogP contribution is 2.35. The Hall–Kier alpha value is -2.56. The number of aromatic amines is 1. The zero-order valence-electron chi connectivity index (χ0n) is 16.4. The van der Waals surface area contributed by atoms with E-state index in [1.165, 1.54) is 0 Å². The SMILES string of the molecule is CCOc1ccc(C2CC(=O)c3c([nH]c(C(=O)OCC(C)C)c3C)C2)cc1. The van der Waals surface area contributed by atoms with E-state index in [2.05, 4.69) is 4.98 Å². The molecule has 5 nitrogen and oxygen atoms in total. The molecule has 1 N–H and O–H groups in total. The van der Waals surface area contributed by atoms with Crippen LogP contribution in [0.15, 0.2) is 24.3 Å². The lowest BCUT2D eigenvalue weighted by Crippen LogP contribution is -2.18. The molecule has 1 atom stereocenters. The van der Waals surface area contributed by atoms with Gasteiger partial charge in [-0.1, -0.05) is 26.0 Å². The fourth-order valence-electron chi connectivity index (χ4n) is 3.59. The van der Waals surface area contributed by atoms with E-state index >= 15 is 0 Å². The van der Waals surface area contributed by atoms with E-state index in [0.29, 0.717) is 42.9 Å². The van der Waals surface area contributed by atoms with Gasteiger partial charge in [0.1, 0.15) is 11.4 Å². The number of ether oxygens (including phenoxy) is 2. The maximum Gasteiger partial charge on any atom is 0.355 e. The molecule has 27 heavy (non-hydrogen) atoms. The molecule has 0 spiro atoms. The van der Waals surface area contributed by atoms with Crippen LogP contribution in [0.1, 0.15) is 70.8 Å². The average Bonchev–Trinajstić information content (AvgIpc) is 2.97. The summed E-state index contributed by atoms with van der Waals surface area (Å²) < 4.78 is 10.8. The number of rotatable bonds is 6. The smallest absolute Gasteiger partial charge is 0.355 e. The Morgan fingerprint density at radius 1 is 1.22 bits per heavy atom. The molecule has 1 aromatic heterocycles. The first-order valence-electron chi connectivity index (χ1n) is 9.55. The van der Waals surface area contributed by atoms with Crippen molar-refractivity contribution in [2.75, 3.05) is 13.2 Å². The molecule has 1 aliphatic rings. The van der Waals surface area contributed by atoms with Crippen molar-refractivity contribution in [1.82, 2.24) is 4.98 Å². The van der Waals surface area contributed by atoms with E-state index in [4.69, 9.17) is 9.47 Å². The van der Waals surface area contributed by atoms with Crippen LogP contribution in [0, 0.1) is 12.8 Å². The zero-order valence-corrected chi connectivity index (χ0v) is 16.4. The Labute approximate surface area is 160 Å². The highest BCUT2D eigenvalue weighted by atomic mass is 16.5. The van der Waals surface area contributed by atoms with Crippen LogP contribution in [-0.4, -0.2) is 30.0 Å². The van der Waals surface area contributed by atoms with Gasteiger partial charge in [0.25, 0.3) is 0 Å². The van der Waals surface area contributed by atoms with Gasteiger partial charge in [-0.15, -0.1) is 0 Å². The summed E-state index contributed by atoms with van der Waals surface area (Å²) in [5, 5.41) is 0. The normalized spacial score (nSPS) is 16.3. The van der Waals surface area contributed by atoms with Crippen molar-refractivity contribution in [3.63, 3.8) is 0 Å². The van der Waals surface area contributed by atoms with Crippen molar-refractivity contribution in [3.8, 4) is 5.75 Å². The Morgan fingerprint density at radius 2 is 1.93 bits per heavy atom. The van der Waals surface area contributed by atoms with Gasteiger partial charge in [-0.25, -0.2) is 4.79 Å². The van der Waals surface area contributed by atoms with E-state index in [0.717, 1.165) is 17.0 Å². The van der Waals surface area contributed by atoms with Gasteiger partial charge >= 0.3 is 5.97 Å². The number of carbonyl (C=O) groups excluding carboxylic acids is 2. The lowest BCUT2D eigenvalue weighted by atomic mass is 9.81. The third kappa shape index (κ3) is 4.07. The summed E-state index contributed by atoms with van der Waals surface area (Å²) in [5.41, 5.74) is 3.71. The Morgan fingerprint density at radius 3 is 2.56 bits per heavy atom. The maximum absolute atomic E-state index is 12.8. The van der Waals surface area contributed by atoms with Crippen LogP contribution in [0.3, 0.4) is 0 Å². The molecule has 0 aliphatic heterocycles. The maximum atomic E-state index is 12.8. The van der Waals surface area contributed by atoms with Crippen molar-refractivity contribution in [3.05, 3.63) is 52.3 Å². The van der Waals surface area contributed by atoms with E-state index in [1.54, 1.807) is 0 Å². The molecule has 5 heteroatoms. The minimum atomic E-state index is -0.388. The summed E-state index contributed by atoms with van der Waals surface area (Å²) in [6.07, 6.45) is 1.15. The first-order valence-corrected chi connectivity index (χ1v) is 9.55. The fraction of sp³-hybridized carbons (Fsp3) is 0.455. The van der Waals surface area contributed by atoms with E-state index in [1.807, 2.05) is 52.0 Å². The van der Waals surface area contributed by atoms with Crippen molar-refractivity contribution < 1.29 is 19.1 Å². The quantitative estimate of drug-likeness (QED) is 0.764. The van der Waals surface area contributed by atoms with Gasteiger partial charge in [-0.3, -0.25) is 4.79 Å². The molecule has 1 heterocycles. The van der Waals surface area contributed by atoms with Crippen LogP contribution < -0.4 is 4.74 Å². The number of aromatic nitrogens is 1. The van der Waals surface area contributed by atoms with Crippen LogP contribution in [0.4, 0.5) is 0 Å².